The normalized spacial score (nSPS) is 12.9. The molecule has 7 nitrogen and oxygen atoms in total. The van der Waals surface area contributed by atoms with Crippen molar-refractivity contribution in [3.05, 3.63) is 84.1 Å². The molecule has 4 aromatic rings. The Morgan fingerprint density at radius 2 is 1.68 bits per heavy atom. The molecule has 37 heavy (non-hydrogen) atoms. The average Bonchev–Trinajstić information content (AvgIpc) is 3.23. The maximum absolute atomic E-state index is 13.2. The molecule has 194 valence electrons. The third-order valence-corrected chi connectivity index (χ3v) is 7.56. The second-order valence-corrected chi connectivity index (χ2v) is 11.9. The van der Waals surface area contributed by atoms with Gasteiger partial charge in [0.2, 0.25) is 0 Å². The van der Waals surface area contributed by atoms with Crippen LogP contribution in [0.4, 0.5) is 5.69 Å². The van der Waals surface area contributed by atoms with E-state index in [0.717, 1.165) is 22.0 Å². The first kappa shape index (κ1) is 26.4. The van der Waals surface area contributed by atoms with Crippen molar-refractivity contribution in [3.63, 3.8) is 0 Å². The van der Waals surface area contributed by atoms with Crippen LogP contribution in [0.3, 0.4) is 0 Å². The average molecular weight is 520 g/mol. The van der Waals surface area contributed by atoms with Gasteiger partial charge in [0, 0.05) is 35.3 Å². The summed E-state index contributed by atoms with van der Waals surface area (Å²) in [4.78, 5) is 16.6. The Kier molecular flexibility index (Phi) is 7.43. The molecule has 0 bridgehead atoms. The van der Waals surface area contributed by atoms with Crippen LogP contribution in [0.5, 0.6) is 0 Å². The Labute approximate surface area is 218 Å². The number of nitrogens with one attached hydrogen (secondary N) is 3. The van der Waals surface area contributed by atoms with Crippen molar-refractivity contribution in [2.24, 2.45) is 0 Å². The van der Waals surface area contributed by atoms with E-state index in [4.69, 9.17) is 4.74 Å². The monoisotopic (exact) mass is 519 g/mol. The van der Waals surface area contributed by atoms with Gasteiger partial charge in [-0.15, -0.1) is 0 Å². The number of amides is 1. The van der Waals surface area contributed by atoms with Gasteiger partial charge >= 0.3 is 0 Å². The number of H-pyrrole nitrogens is 1. The van der Waals surface area contributed by atoms with E-state index < -0.39 is 10.0 Å². The Bertz CT molecular complexity index is 1500. The number of rotatable bonds is 8. The van der Waals surface area contributed by atoms with Crippen LogP contribution in [0.1, 0.15) is 43.7 Å². The van der Waals surface area contributed by atoms with E-state index in [9.17, 15) is 13.2 Å². The number of benzene rings is 3. The van der Waals surface area contributed by atoms with Gasteiger partial charge in [-0.05, 0) is 53.8 Å². The fraction of sp³-hybridized carbons (Fsp3) is 0.276. The number of carbonyl (C=O) groups excluding carboxylic acids is 1. The summed E-state index contributed by atoms with van der Waals surface area (Å²) in [5.41, 5.74) is 4.06. The minimum absolute atomic E-state index is 0.0752. The number of carbonyl (C=O) groups is 1. The standard InChI is InChI=1S/C29H33N3O4S/c1-19(18-36-5)30-28(33)27-26(20-9-7-6-8-10-20)24-17-22(13-16-25(24)31-27)32-37(34,35)23-14-11-21(12-15-23)29(2,3)4/h6-17,19,31-32H,18H2,1-5H3,(H,30,33). The summed E-state index contributed by atoms with van der Waals surface area (Å²) < 4.78 is 34.1. The van der Waals surface area contributed by atoms with Crippen molar-refractivity contribution in [2.45, 2.75) is 44.0 Å². The molecule has 0 aliphatic rings. The van der Waals surface area contributed by atoms with Gasteiger partial charge in [-0.25, -0.2) is 8.42 Å². The van der Waals surface area contributed by atoms with Gasteiger partial charge in [-0.1, -0.05) is 63.2 Å². The van der Waals surface area contributed by atoms with Crippen LogP contribution in [0.15, 0.2) is 77.7 Å². The fourth-order valence-corrected chi connectivity index (χ4v) is 5.32. The molecule has 0 radical (unpaired) electrons. The van der Waals surface area contributed by atoms with E-state index >= 15 is 0 Å². The molecule has 1 heterocycles. The minimum atomic E-state index is -3.81. The van der Waals surface area contributed by atoms with Gasteiger partial charge in [0.25, 0.3) is 15.9 Å². The number of fused-ring (bicyclic) bond motifs is 1. The topological polar surface area (TPSA) is 100 Å². The molecule has 0 aliphatic heterocycles. The quantitative estimate of drug-likeness (QED) is 0.278. The van der Waals surface area contributed by atoms with Crippen molar-refractivity contribution in [2.75, 3.05) is 18.4 Å². The molecule has 4 rings (SSSR count). The molecule has 1 aromatic heterocycles. The highest BCUT2D eigenvalue weighted by Crippen LogP contribution is 2.35. The van der Waals surface area contributed by atoms with Crippen LogP contribution in [-0.2, 0) is 20.2 Å². The van der Waals surface area contributed by atoms with E-state index in [-0.39, 0.29) is 22.3 Å². The molecular weight excluding hydrogens is 486 g/mol. The summed E-state index contributed by atoms with van der Waals surface area (Å²) in [7, 11) is -2.22. The highest BCUT2D eigenvalue weighted by molar-refractivity contribution is 7.92. The molecular formula is C29H33N3O4S. The van der Waals surface area contributed by atoms with Crippen LogP contribution in [0.25, 0.3) is 22.0 Å². The molecule has 1 atom stereocenters. The zero-order chi connectivity index (χ0) is 26.8. The van der Waals surface area contributed by atoms with Crippen LogP contribution < -0.4 is 10.0 Å². The Morgan fingerprint density at radius 1 is 1.00 bits per heavy atom. The van der Waals surface area contributed by atoms with Gasteiger partial charge in [0.15, 0.2) is 0 Å². The van der Waals surface area contributed by atoms with Crippen LogP contribution >= 0.6 is 0 Å². The molecule has 1 amide bonds. The minimum Gasteiger partial charge on any atom is -0.383 e. The summed E-state index contributed by atoms with van der Waals surface area (Å²) >= 11 is 0. The number of aromatic amines is 1. The van der Waals surface area contributed by atoms with Crippen molar-refractivity contribution in [1.82, 2.24) is 10.3 Å². The Balaban J connectivity index is 1.73. The third kappa shape index (κ3) is 5.87. The predicted octanol–water partition coefficient (Wildman–Crippen LogP) is 5.70. The number of anilines is 1. The third-order valence-electron chi connectivity index (χ3n) is 6.17. The Morgan fingerprint density at radius 3 is 2.30 bits per heavy atom. The van der Waals surface area contributed by atoms with Gasteiger partial charge in [-0.2, -0.15) is 0 Å². The van der Waals surface area contributed by atoms with Crippen LogP contribution in [0, 0.1) is 0 Å². The lowest BCUT2D eigenvalue weighted by atomic mass is 9.87. The van der Waals surface area contributed by atoms with Crippen LogP contribution in [-0.4, -0.2) is 39.1 Å². The molecule has 1 unspecified atom stereocenters. The zero-order valence-corrected chi connectivity index (χ0v) is 22.6. The predicted molar refractivity (Wildman–Crippen MR) is 148 cm³/mol. The van der Waals surface area contributed by atoms with E-state index in [1.165, 1.54) is 0 Å². The first-order valence-corrected chi connectivity index (χ1v) is 13.6. The number of ether oxygens (including phenoxy) is 1. The summed E-state index contributed by atoms with van der Waals surface area (Å²) in [6, 6.07) is 21.5. The molecule has 3 N–H and O–H groups in total. The SMILES string of the molecule is COCC(C)NC(=O)c1[nH]c2ccc(NS(=O)(=O)c3ccc(C(C)(C)C)cc3)cc2c1-c1ccccc1. The number of hydrogen-bond acceptors (Lipinski definition) is 4. The van der Waals surface area contributed by atoms with E-state index in [2.05, 4.69) is 35.8 Å². The first-order valence-electron chi connectivity index (χ1n) is 12.1. The molecule has 0 fully saturated rings. The number of sulfonamides is 1. The molecule has 0 saturated heterocycles. The molecule has 0 spiro atoms. The van der Waals surface area contributed by atoms with Crippen molar-refractivity contribution in [1.29, 1.82) is 0 Å². The summed E-state index contributed by atoms with van der Waals surface area (Å²) in [6.45, 7) is 8.50. The first-order chi connectivity index (χ1) is 17.5. The molecule has 0 aliphatic carbocycles. The van der Waals surface area contributed by atoms with Gasteiger partial charge in [0.1, 0.15) is 5.69 Å². The number of methoxy groups -OCH3 is 1. The second-order valence-electron chi connectivity index (χ2n) is 10.2. The molecule has 3 aromatic carbocycles. The molecule has 8 heteroatoms. The van der Waals surface area contributed by atoms with Gasteiger partial charge in [0.05, 0.1) is 11.5 Å². The lowest BCUT2D eigenvalue weighted by Crippen LogP contribution is -2.36. The largest absolute Gasteiger partial charge is 0.383 e. The van der Waals surface area contributed by atoms with Crippen molar-refractivity contribution >= 4 is 32.5 Å². The highest BCUT2D eigenvalue weighted by Gasteiger charge is 2.22. The Hall–Kier alpha value is -3.62. The highest BCUT2D eigenvalue weighted by atomic mass is 32.2. The lowest BCUT2D eigenvalue weighted by molar-refractivity contribution is 0.0902. The van der Waals surface area contributed by atoms with E-state index in [1.54, 1.807) is 37.4 Å². The summed E-state index contributed by atoms with van der Waals surface area (Å²) in [6.07, 6.45) is 0. The van der Waals surface area contributed by atoms with Crippen LogP contribution in [0.2, 0.25) is 0 Å². The van der Waals surface area contributed by atoms with Crippen molar-refractivity contribution < 1.29 is 17.9 Å². The van der Waals surface area contributed by atoms with Gasteiger partial charge in [-0.3, -0.25) is 9.52 Å². The fourth-order valence-electron chi connectivity index (χ4n) is 4.27. The summed E-state index contributed by atoms with van der Waals surface area (Å²) in [5, 5.41) is 3.69. The smallest absolute Gasteiger partial charge is 0.268 e. The maximum Gasteiger partial charge on any atom is 0.268 e. The number of hydrogen-bond donors (Lipinski definition) is 3. The van der Waals surface area contributed by atoms with Gasteiger partial charge < -0.3 is 15.0 Å². The zero-order valence-electron chi connectivity index (χ0n) is 21.8. The lowest BCUT2D eigenvalue weighted by Gasteiger charge is -2.19. The van der Waals surface area contributed by atoms with Crippen molar-refractivity contribution in [3.8, 4) is 11.1 Å². The molecule has 0 saturated carbocycles. The second kappa shape index (κ2) is 10.4. The number of aromatic nitrogens is 1. The van der Waals surface area contributed by atoms with E-state index in [1.807, 2.05) is 49.4 Å². The maximum atomic E-state index is 13.2. The van der Waals surface area contributed by atoms with E-state index in [0.29, 0.717) is 23.6 Å². The summed E-state index contributed by atoms with van der Waals surface area (Å²) in [5.74, 6) is -0.263.